The van der Waals surface area contributed by atoms with E-state index in [2.05, 4.69) is 67.3 Å². The third kappa shape index (κ3) is 5.01. The molecule has 0 fully saturated rings. The molecule has 18 heavy (non-hydrogen) atoms. The summed E-state index contributed by atoms with van der Waals surface area (Å²) < 4.78 is 6.38. The summed E-state index contributed by atoms with van der Waals surface area (Å²) in [6.45, 7) is 21.9. The fourth-order valence-electron chi connectivity index (χ4n) is 1.36. The first-order chi connectivity index (χ1) is 8.05. The first-order valence-electron chi connectivity index (χ1n) is 7.07. The Balaban J connectivity index is 4.91. The van der Waals surface area contributed by atoms with Gasteiger partial charge in [0.25, 0.3) is 0 Å². The number of rotatable bonds is 6. The quantitative estimate of drug-likeness (QED) is 0.338. The van der Waals surface area contributed by atoms with Gasteiger partial charge < -0.3 is 4.43 Å². The lowest BCUT2D eigenvalue weighted by atomic mass is 9.95. The SMILES string of the molecule is C=CC(C)C(C)/C=C(\CC)O[Si](C)(C)C(C)(C)C. The molecular formula is C16H32OSi. The van der Waals surface area contributed by atoms with E-state index in [1.54, 1.807) is 0 Å². The van der Waals surface area contributed by atoms with E-state index in [1.165, 1.54) is 0 Å². The molecule has 0 spiro atoms. The van der Waals surface area contributed by atoms with Crippen molar-refractivity contribution in [1.82, 2.24) is 0 Å². The summed E-state index contributed by atoms with van der Waals surface area (Å²) in [5.74, 6) is 2.14. The summed E-state index contributed by atoms with van der Waals surface area (Å²) in [7, 11) is -1.69. The summed E-state index contributed by atoms with van der Waals surface area (Å²) in [5, 5.41) is 0.258. The van der Waals surface area contributed by atoms with Gasteiger partial charge in [0.1, 0.15) is 0 Å². The van der Waals surface area contributed by atoms with E-state index in [0.717, 1.165) is 12.2 Å². The van der Waals surface area contributed by atoms with Crippen LogP contribution in [0.25, 0.3) is 0 Å². The lowest BCUT2D eigenvalue weighted by molar-refractivity contribution is 0.362. The molecule has 0 saturated carbocycles. The van der Waals surface area contributed by atoms with Crippen molar-refractivity contribution in [3.05, 3.63) is 24.5 Å². The second-order valence-electron chi connectivity index (χ2n) is 6.80. The first-order valence-corrected chi connectivity index (χ1v) is 9.98. The van der Waals surface area contributed by atoms with Crippen molar-refractivity contribution >= 4 is 8.32 Å². The molecule has 0 saturated heterocycles. The van der Waals surface area contributed by atoms with Crippen LogP contribution in [0, 0.1) is 11.8 Å². The minimum absolute atomic E-state index is 0.258. The van der Waals surface area contributed by atoms with Crippen molar-refractivity contribution in [2.45, 2.75) is 66.1 Å². The molecular weight excluding hydrogens is 236 g/mol. The van der Waals surface area contributed by atoms with Gasteiger partial charge in [-0.15, -0.1) is 6.58 Å². The Bertz CT molecular complexity index is 297. The number of allylic oxidation sites excluding steroid dienone is 3. The van der Waals surface area contributed by atoms with E-state index < -0.39 is 8.32 Å². The molecule has 2 heteroatoms. The van der Waals surface area contributed by atoms with Crippen molar-refractivity contribution in [1.29, 1.82) is 0 Å². The second-order valence-corrected chi connectivity index (χ2v) is 11.5. The molecule has 2 unspecified atom stereocenters. The van der Waals surface area contributed by atoms with Gasteiger partial charge in [-0.2, -0.15) is 0 Å². The van der Waals surface area contributed by atoms with Gasteiger partial charge >= 0.3 is 0 Å². The largest absolute Gasteiger partial charge is 0.547 e. The van der Waals surface area contributed by atoms with Crippen molar-refractivity contribution in [2.75, 3.05) is 0 Å². The van der Waals surface area contributed by atoms with Crippen molar-refractivity contribution in [3.63, 3.8) is 0 Å². The molecule has 0 aliphatic heterocycles. The smallest absolute Gasteiger partial charge is 0.250 e. The molecule has 0 rings (SSSR count). The fraction of sp³-hybridized carbons (Fsp3) is 0.750. The molecule has 0 aliphatic carbocycles. The first kappa shape index (κ1) is 17.5. The number of hydrogen-bond acceptors (Lipinski definition) is 1. The molecule has 0 N–H and O–H groups in total. The highest BCUT2D eigenvalue weighted by atomic mass is 28.4. The minimum Gasteiger partial charge on any atom is -0.547 e. The predicted molar refractivity (Wildman–Crippen MR) is 85.2 cm³/mol. The van der Waals surface area contributed by atoms with Crippen LogP contribution in [0.3, 0.4) is 0 Å². The van der Waals surface area contributed by atoms with Gasteiger partial charge in [0, 0.05) is 6.42 Å². The minimum atomic E-state index is -1.69. The summed E-state index contributed by atoms with van der Waals surface area (Å²) in [5.41, 5.74) is 0. The zero-order valence-electron chi connectivity index (χ0n) is 13.6. The van der Waals surface area contributed by atoms with E-state index in [1.807, 2.05) is 6.08 Å². The maximum Gasteiger partial charge on any atom is 0.250 e. The highest BCUT2D eigenvalue weighted by Gasteiger charge is 2.39. The Kier molecular flexibility index (Phi) is 6.42. The van der Waals surface area contributed by atoms with Gasteiger partial charge in [0.05, 0.1) is 5.76 Å². The lowest BCUT2D eigenvalue weighted by Crippen LogP contribution is -2.40. The topological polar surface area (TPSA) is 9.23 Å². The maximum absolute atomic E-state index is 6.38. The Morgan fingerprint density at radius 2 is 1.72 bits per heavy atom. The van der Waals surface area contributed by atoms with E-state index in [-0.39, 0.29) is 5.04 Å². The van der Waals surface area contributed by atoms with Crippen molar-refractivity contribution in [2.24, 2.45) is 11.8 Å². The van der Waals surface area contributed by atoms with Gasteiger partial charge in [0.15, 0.2) is 0 Å². The molecule has 0 radical (unpaired) electrons. The monoisotopic (exact) mass is 268 g/mol. The Morgan fingerprint density at radius 1 is 1.22 bits per heavy atom. The summed E-state index contributed by atoms with van der Waals surface area (Å²) in [6, 6.07) is 0. The van der Waals surface area contributed by atoms with Gasteiger partial charge in [0.2, 0.25) is 8.32 Å². The molecule has 0 aromatic rings. The van der Waals surface area contributed by atoms with Crippen LogP contribution in [0.4, 0.5) is 0 Å². The molecule has 1 nitrogen and oxygen atoms in total. The standard InChI is InChI=1S/C16H32OSi/c1-10-13(3)14(4)12-15(11-2)17-18(8,9)16(5,6)7/h10,12-14H,1,11H2,2-9H3/b15-12+. The fourth-order valence-corrected chi connectivity index (χ4v) is 2.54. The summed E-state index contributed by atoms with van der Waals surface area (Å²) >= 11 is 0. The van der Waals surface area contributed by atoms with Gasteiger partial charge in [-0.3, -0.25) is 0 Å². The van der Waals surface area contributed by atoms with E-state index >= 15 is 0 Å². The zero-order chi connectivity index (χ0) is 14.6. The third-order valence-electron chi connectivity index (χ3n) is 4.19. The molecule has 2 atom stereocenters. The van der Waals surface area contributed by atoms with Gasteiger partial charge in [-0.1, -0.05) is 47.6 Å². The average molecular weight is 269 g/mol. The highest BCUT2D eigenvalue weighted by molar-refractivity contribution is 6.74. The van der Waals surface area contributed by atoms with Crippen molar-refractivity contribution < 1.29 is 4.43 Å². The van der Waals surface area contributed by atoms with E-state index in [9.17, 15) is 0 Å². The van der Waals surface area contributed by atoms with Crippen molar-refractivity contribution in [3.8, 4) is 0 Å². The van der Waals surface area contributed by atoms with Crippen LogP contribution in [0.5, 0.6) is 0 Å². The van der Waals surface area contributed by atoms with Crippen LogP contribution < -0.4 is 0 Å². The average Bonchev–Trinajstić information content (AvgIpc) is 2.24. The lowest BCUT2D eigenvalue weighted by Gasteiger charge is -2.37. The Hall–Kier alpha value is -0.503. The van der Waals surface area contributed by atoms with Gasteiger partial charge in [-0.05, 0) is 36.0 Å². The van der Waals surface area contributed by atoms with Gasteiger partial charge in [-0.25, -0.2) is 0 Å². The Morgan fingerprint density at radius 3 is 2.06 bits per heavy atom. The molecule has 0 heterocycles. The summed E-state index contributed by atoms with van der Waals surface area (Å²) in [6.07, 6.45) is 5.27. The van der Waals surface area contributed by atoms with E-state index in [0.29, 0.717) is 11.8 Å². The van der Waals surface area contributed by atoms with Crippen LogP contribution >= 0.6 is 0 Å². The maximum atomic E-state index is 6.38. The molecule has 106 valence electrons. The molecule has 0 aromatic heterocycles. The molecule has 0 aromatic carbocycles. The van der Waals surface area contributed by atoms with Crippen LogP contribution in [0.1, 0.15) is 48.0 Å². The molecule has 0 amide bonds. The number of hydrogen-bond donors (Lipinski definition) is 0. The normalized spacial score (nSPS) is 17.2. The molecule has 0 bridgehead atoms. The predicted octanol–water partition coefficient (Wildman–Crippen LogP) is 5.76. The Labute approximate surface area is 115 Å². The van der Waals surface area contributed by atoms with Crippen LogP contribution in [0.15, 0.2) is 24.5 Å². The second kappa shape index (κ2) is 6.60. The highest BCUT2D eigenvalue weighted by Crippen LogP contribution is 2.38. The van der Waals surface area contributed by atoms with Crippen LogP contribution in [0.2, 0.25) is 18.1 Å². The summed E-state index contributed by atoms with van der Waals surface area (Å²) in [4.78, 5) is 0. The van der Waals surface area contributed by atoms with Crippen LogP contribution in [-0.4, -0.2) is 8.32 Å². The molecule has 0 aliphatic rings. The zero-order valence-corrected chi connectivity index (χ0v) is 14.6. The van der Waals surface area contributed by atoms with Crippen LogP contribution in [-0.2, 0) is 4.43 Å². The van der Waals surface area contributed by atoms with E-state index in [4.69, 9.17) is 4.43 Å². The third-order valence-corrected chi connectivity index (χ3v) is 8.58.